The van der Waals surface area contributed by atoms with Crippen molar-refractivity contribution in [2.45, 2.75) is 45.4 Å². The highest BCUT2D eigenvalue weighted by molar-refractivity contribution is 5.72. The van der Waals surface area contributed by atoms with Gasteiger partial charge in [0, 0.05) is 12.2 Å². The number of carbonyl (C=O) groups is 1. The second-order valence-electron chi connectivity index (χ2n) is 6.36. The lowest BCUT2D eigenvalue weighted by molar-refractivity contribution is -0.146. The lowest BCUT2D eigenvalue weighted by Crippen LogP contribution is -2.26. The first-order valence-electron chi connectivity index (χ1n) is 8.02. The van der Waals surface area contributed by atoms with Gasteiger partial charge in [0.1, 0.15) is 0 Å². The number of benzene rings is 1. The number of hydrogen-bond donors (Lipinski definition) is 1. The maximum absolute atomic E-state index is 11.5. The molecule has 116 valence electrons. The van der Waals surface area contributed by atoms with E-state index in [-0.39, 0.29) is 11.9 Å². The minimum Gasteiger partial charge on any atom is -0.469 e. The molecule has 0 amide bonds. The monoisotopic (exact) mass is 289 g/mol. The molecule has 1 aromatic carbocycles. The summed E-state index contributed by atoms with van der Waals surface area (Å²) in [7, 11) is 1.48. The maximum atomic E-state index is 11.5. The normalized spacial score (nSPS) is 22.1. The summed E-state index contributed by atoms with van der Waals surface area (Å²) in [4.78, 5) is 11.5. The van der Waals surface area contributed by atoms with E-state index in [1.165, 1.54) is 18.4 Å². The van der Waals surface area contributed by atoms with Gasteiger partial charge in [0.05, 0.1) is 13.0 Å². The molecule has 3 heteroatoms. The van der Waals surface area contributed by atoms with E-state index in [0.29, 0.717) is 11.8 Å². The summed E-state index contributed by atoms with van der Waals surface area (Å²) < 4.78 is 4.84. The van der Waals surface area contributed by atoms with Crippen LogP contribution in [0.4, 0.5) is 5.69 Å². The number of rotatable bonds is 5. The van der Waals surface area contributed by atoms with Gasteiger partial charge in [-0.2, -0.15) is 0 Å². The number of carbonyl (C=O) groups excluding carboxylic acids is 1. The van der Waals surface area contributed by atoms with Gasteiger partial charge < -0.3 is 10.1 Å². The molecule has 0 atom stereocenters. The van der Waals surface area contributed by atoms with E-state index in [9.17, 15) is 4.79 Å². The lowest BCUT2D eigenvalue weighted by atomic mass is 9.82. The molecule has 0 aromatic heterocycles. The highest BCUT2D eigenvalue weighted by atomic mass is 16.5. The molecule has 1 saturated carbocycles. The third-order valence-electron chi connectivity index (χ3n) is 4.55. The van der Waals surface area contributed by atoms with Crippen LogP contribution in [0.1, 0.15) is 51.0 Å². The topological polar surface area (TPSA) is 38.3 Å². The number of para-hydroxylation sites is 1. The molecule has 1 N–H and O–H groups in total. The predicted octanol–water partition coefficient (Wildman–Crippen LogP) is 4.20. The molecule has 1 aliphatic rings. The second-order valence-corrected chi connectivity index (χ2v) is 6.36. The standard InChI is InChI=1S/C18H27NO2/c1-13(2)16-6-4-5-7-17(16)19-12-14-8-10-15(11-9-14)18(20)21-3/h4-7,13-15,19H,8-12H2,1-3H3/t14-,15-. The summed E-state index contributed by atoms with van der Waals surface area (Å²) in [5.41, 5.74) is 2.63. The van der Waals surface area contributed by atoms with Gasteiger partial charge in [-0.25, -0.2) is 0 Å². The van der Waals surface area contributed by atoms with E-state index < -0.39 is 0 Å². The molecule has 0 spiro atoms. The number of methoxy groups -OCH3 is 1. The molecule has 0 heterocycles. The number of nitrogens with one attached hydrogen (secondary N) is 1. The van der Waals surface area contributed by atoms with Gasteiger partial charge in [-0.15, -0.1) is 0 Å². The minimum atomic E-state index is -0.0356. The lowest BCUT2D eigenvalue weighted by Gasteiger charge is -2.27. The van der Waals surface area contributed by atoms with Crippen LogP contribution < -0.4 is 5.32 Å². The van der Waals surface area contributed by atoms with E-state index in [2.05, 4.69) is 43.4 Å². The number of esters is 1. The first-order valence-corrected chi connectivity index (χ1v) is 8.02. The summed E-state index contributed by atoms with van der Waals surface area (Å²) >= 11 is 0. The number of ether oxygens (including phenoxy) is 1. The number of anilines is 1. The Labute approximate surface area is 128 Å². The summed E-state index contributed by atoms with van der Waals surface area (Å²) in [6.45, 7) is 5.45. The Hall–Kier alpha value is -1.51. The van der Waals surface area contributed by atoms with Crippen molar-refractivity contribution in [3.8, 4) is 0 Å². The van der Waals surface area contributed by atoms with Crippen LogP contribution in [0.2, 0.25) is 0 Å². The Morgan fingerprint density at radius 1 is 1.24 bits per heavy atom. The van der Waals surface area contributed by atoms with E-state index >= 15 is 0 Å². The minimum absolute atomic E-state index is 0.0356. The molecule has 3 nitrogen and oxygen atoms in total. The van der Waals surface area contributed by atoms with Crippen molar-refractivity contribution in [1.29, 1.82) is 0 Å². The fourth-order valence-electron chi connectivity index (χ4n) is 3.18. The molecular formula is C18H27NO2. The summed E-state index contributed by atoms with van der Waals surface area (Å²) in [6.07, 6.45) is 4.14. The smallest absolute Gasteiger partial charge is 0.308 e. The average molecular weight is 289 g/mol. The van der Waals surface area contributed by atoms with E-state index in [0.717, 1.165) is 32.2 Å². The molecule has 1 aromatic rings. The van der Waals surface area contributed by atoms with E-state index in [4.69, 9.17) is 4.74 Å². The Kier molecular flexibility index (Phi) is 5.66. The zero-order valence-electron chi connectivity index (χ0n) is 13.4. The zero-order chi connectivity index (χ0) is 15.2. The Morgan fingerprint density at radius 3 is 2.52 bits per heavy atom. The van der Waals surface area contributed by atoms with Gasteiger partial charge >= 0.3 is 5.97 Å². The van der Waals surface area contributed by atoms with Crippen LogP contribution >= 0.6 is 0 Å². The molecule has 0 saturated heterocycles. The molecule has 0 radical (unpaired) electrons. The first-order chi connectivity index (χ1) is 10.1. The highest BCUT2D eigenvalue weighted by Gasteiger charge is 2.26. The molecule has 21 heavy (non-hydrogen) atoms. The van der Waals surface area contributed by atoms with Crippen molar-refractivity contribution >= 4 is 11.7 Å². The van der Waals surface area contributed by atoms with Gasteiger partial charge in [0.25, 0.3) is 0 Å². The van der Waals surface area contributed by atoms with Crippen LogP contribution in [0.3, 0.4) is 0 Å². The predicted molar refractivity (Wildman–Crippen MR) is 86.5 cm³/mol. The van der Waals surface area contributed by atoms with E-state index in [1.54, 1.807) is 0 Å². The van der Waals surface area contributed by atoms with Crippen molar-refractivity contribution in [3.63, 3.8) is 0 Å². The fraction of sp³-hybridized carbons (Fsp3) is 0.611. The van der Waals surface area contributed by atoms with E-state index in [1.807, 2.05) is 0 Å². The van der Waals surface area contributed by atoms with Gasteiger partial charge in [-0.05, 0) is 49.1 Å². The quantitative estimate of drug-likeness (QED) is 0.826. The van der Waals surface area contributed by atoms with Crippen LogP contribution in [-0.4, -0.2) is 19.6 Å². The van der Waals surface area contributed by atoms with Crippen molar-refractivity contribution < 1.29 is 9.53 Å². The van der Waals surface area contributed by atoms with Crippen LogP contribution in [0.25, 0.3) is 0 Å². The van der Waals surface area contributed by atoms with Crippen molar-refractivity contribution in [2.75, 3.05) is 19.0 Å². The van der Waals surface area contributed by atoms with Crippen LogP contribution in [0, 0.1) is 11.8 Å². The zero-order valence-corrected chi connectivity index (χ0v) is 13.4. The first kappa shape index (κ1) is 15.9. The number of hydrogen-bond acceptors (Lipinski definition) is 3. The van der Waals surface area contributed by atoms with Gasteiger partial charge in [-0.3, -0.25) is 4.79 Å². The average Bonchev–Trinajstić information content (AvgIpc) is 2.52. The maximum Gasteiger partial charge on any atom is 0.308 e. The van der Waals surface area contributed by atoms with Gasteiger partial charge in [0.2, 0.25) is 0 Å². The van der Waals surface area contributed by atoms with Crippen LogP contribution in [0.15, 0.2) is 24.3 Å². The molecule has 0 aliphatic heterocycles. The molecule has 1 fully saturated rings. The molecular weight excluding hydrogens is 262 g/mol. The Bertz CT molecular complexity index is 462. The Morgan fingerprint density at radius 2 is 1.90 bits per heavy atom. The third-order valence-corrected chi connectivity index (χ3v) is 4.55. The fourth-order valence-corrected chi connectivity index (χ4v) is 3.18. The molecule has 1 aliphatic carbocycles. The van der Waals surface area contributed by atoms with Gasteiger partial charge in [0.15, 0.2) is 0 Å². The molecule has 2 rings (SSSR count). The summed E-state index contributed by atoms with van der Waals surface area (Å²) in [5.74, 6) is 1.27. The van der Waals surface area contributed by atoms with Crippen LogP contribution in [-0.2, 0) is 9.53 Å². The van der Waals surface area contributed by atoms with Crippen molar-refractivity contribution in [2.24, 2.45) is 11.8 Å². The van der Waals surface area contributed by atoms with Crippen LogP contribution in [0.5, 0.6) is 0 Å². The largest absolute Gasteiger partial charge is 0.469 e. The Balaban J connectivity index is 1.84. The second kappa shape index (κ2) is 7.48. The van der Waals surface area contributed by atoms with Crippen molar-refractivity contribution in [1.82, 2.24) is 0 Å². The van der Waals surface area contributed by atoms with Crippen molar-refractivity contribution in [3.05, 3.63) is 29.8 Å². The molecule has 0 bridgehead atoms. The third kappa shape index (κ3) is 4.23. The highest BCUT2D eigenvalue weighted by Crippen LogP contribution is 2.30. The summed E-state index contributed by atoms with van der Waals surface area (Å²) in [5, 5.41) is 3.61. The molecule has 0 unspecified atom stereocenters. The van der Waals surface area contributed by atoms with Gasteiger partial charge in [-0.1, -0.05) is 32.0 Å². The summed E-state index contributed by atoms with van der Waals surface area (Å²) in [6, 6.07) is 8.54. The SMILES string of the molecule is COC(=O)[C@H]1CC[C@H](CNc2ccccc2C(C)C)CC1.